The first-order valence-corrected chi connectivity index (χ1v) is 6.30. The molecule has 2 atom stereocenters. The molecule has 2 aliphatic carbocycles. The summed E-state index contributed by atoms with van der Waals surface area (Å²) in [6.45, 7) is 6.78. The zero-order valence-electron chi connectivity index (χ0n) is 10.5. The summed E-state index contributed by atoms with van der Waals surface area (Å²) in [7, 11) is 0. The van der Waals surface area contributed by atoms with Crippen molar-refractivity contribution < 1.29 is 9.90 Å². The van der Waals surface area contributed by atoms with Crippen LogP contribution in [-0.4, -0.2) is 10.9 Å². The second-order valence-corrected chi connectivity index (χ2v) is 6.32. The van der Waals surface area contributed by atoms with E-state index in [2.05, 4.69) is 20.8 Å². The first-order chi connectivity index (χ1) is 7.42. The number of ketones is 1. The lowest BCUT2D eigenvalue weighted by Crippen LogP contribution is -2.47. The van der Waals surface area contributed by atoms with Gasteiger partial charge in [0.15, 0.2) is 5.78 Å². The number of carbonyl (C=O) groups excluding carboxylic acids is 1. The molecular formula is C14H22O2. The molecule has 2 rings (SSSR count). The highest BCUT2D eigenvalue weighted by Gasteiger charge is 2.52. The van der Waals surface area contributed by atoms with Gasteiger partial charge in [0.1, 0.15) is 0 Å². The molecule has 0 spiro atoms. The van der Waals surface area contributed by atoms with Crippen molar-refractivity contribution in [2.24, 2.45) is 16.7 Å². The Morgan fingerprint density at radius 2 is 2.00 bits per heavy atom. The van der Waals surface area contributed by atoms with Gasteiger partial charge >= 0.3 is 0 Å². The molecule has 2 saturated carbocycles. The number of Topliss-reactive ketones (excluding diaryl/α,β-unsaturated/α-hetero) is 1. The fourth-order valence-electron chi connectivity index (χ4n) is 4.10. The highest BCUT2D eigenvalue weighted by Crippen LogP contribution is 2.58. The van der Waals surface area contributed by atoms with E-state index in [1.165, 1.54) is 6.42 Å². The Balaban J connectivity index is 2.43. The molecule has 2 nitrogen and oxygen atoms in total. The predicted octanol–water partition coefficient (Wildman–Crippen LogP) is 3.62. The average Bonchev–Trinajstić information content (AvgIpc) is 2.15. The number of hydrogen-bond acceptors (Lipinski definition) is 2. The summed E-state index contributed by atoms with van der Waals surface area (Å²) in [5.74, 6) is 0.684. The van der Waals surface area contributed by atoms with Gasteiger partial charge in [0.2, 0.25) is 0 Å². The van der Waals surface area contributed by atoms with Crippen LogP contribution in [0.5, 0.6) is 0 Å². The predicted molar refractivity (Wildman–Crippen MR) is 64.2 cm³/mol. The van der Waals surface area contributed by atoms with Gasteiger partial charge in [0.25, 0.3) is 0 Å². The van der Waals surface area contributed by atoms with Crippen LogP contribution in [0.15, 0.2) is 11.8 Å². The van der Waals surface area contributed by atoms with E-state index in [1.54, 1.807) is 0 Å². The van der Waals surface area contributed by atoms with Crippen LogP contribution in [0.25, 0.3) is 0 Å². The van der Waals surface area contributed by atoms with Gasteiger partial charge in [-0.15, -0.1) is 0 Å². The molecule has 0 aromatic heterocycles. The third-order valence-corrected chi connectivity index (χ3v) is 4.93. The summed E-state index contributed by atoms with van der Waals surface area (Å²) < 4.78 is 0. The van der Waals surface area contributed by atoms with Gasteiger partial charge < -0.3 is 5.11 Å². The number of aliphatic hydroxyl groups is 1. The Morgan fingerprint density at radius 1 is 1.31 bits per heavy atom. The first-order valence-electron chi connectivity index (χ1n) is 6.30. The third kappa shape index (κ3) is 1.50. The fourth-order valence-corrected chi connectivity index (χ4v) is 4.10. The van der Waals surface area contributed by atoms with Crippen molar-refractivity contribution in [2.45, 2.75) is 52.9 Å². The monoisotopic (exact) mass is 222 g/mol. The number of allylic oxidation sites excluding steroid dienone is 1. The summed E-state index contributed by atoms with van der Waals surface area (Å²) in [5.41, 5.74) is 0.880. The van der Waals surface area contributed by atoms with Crippen molar-refractivity contribution in [3.05, 3.63) is 11.8 Å². The quantitative estimate of drug-likeness (QED) is 0.502. The summed E-state index contributed by atoms with van der Waals surface area (Å²) in [5, 5.41) is 9.35. The Labute approximate surface area is 97.7 Å². The molecule has 2 aliphatic rings. The van der Waals surface area contributed by atoms with Crippen molar-refractivity contribution in [2.75, 3.05) is 0 Å². The smallest absolute Gasteiger partial charge is 0.162 e. The Hall–Kier alpha value is -0.790. The summed E-state index contributed by atoms with van der Waals surface area (Å²) in [4.78, 5) is 11.9. The van der Waals surface area contributed by atoms with Crippen molar-refractivity contribution in [1.82, 2.24) is 0 Å². The van der Waals surface area contributed by atoms with E-state index in [0.717, 1.165) is 25.5 Å². The normalized spacial score (nSPS) is 40.8. The van der Waals surface area contributed by atoms with E-state index in [0.29, 0.717) is 23.3 Å². The third-order valence-electron chi connectivity index (χ3n) is 4.93. The van der Waals surface area contributed by atoms with E-state index >= 15 is 0 Å². The first kappa shape index (κ1) is 11.7. The molecule has 0 aliphatic heterocycles. The zero-order chi connectivity index (χ0) is 12.0. The van der Waals surface area contributed by atoms with Crippen LogP contribution >= 0.6 is 0 Å². The number of carbonyl (C=O) groups is 1. The van der Waals surface area contributed by atoms with E-state index in [1.807, 2.05) is 0 Å². The lowest BCUT2D eigenvalue weighted by atomic mass is 9.50. The number of aliphatic hydroxyl groups excluding tert-OH is 1. The number of rotatable bonds is 0. The molecule has 0 aromatic carbocycles. The fraction of sp³-hybridized carbons (Fsp3) is 0.786. The summed E-state index contributed by atoms with van der Waals surface area (Å²) in [6.07, 6.45) is 6.11. The summed E-state index contributed by atoms with van der Waals surface area (Å²) >= 11 is 0. The van der Waals surface area contributed by atoms with Crippen LogP contribution in [0.1, 0.15) is 52.9 Å². The van der Waals surface area contributed by atoms with Crippen LogP contribution in [0, 0.1) is 16.7 Å². The van der Waals surface area contributed by atoms with Crippen molar-refractivity contribution in [3.8, 4) is 0 Å². The minimum Gasteiger partial charge on any atom is -0.515 e. The largest absolute Gasteiger partial charge is 0.515 e. The highest BCUT2D eigenvalue weighted by molar-refractivity contribution is 5.97. The van der Waals surface area contributed by atoms with Crippen LogP contribution in [0.2, 0.25) is 0 Å². The van der Waals surface area contributed by atoms with Gasteiger partial charge in [-0.25, -0.2) is 0 Å². The van der Waals surface area contributed by atoms with E-state index in [4.69, 9.17) is 0 Å². The van der Waals surface area contributed by atoms with Gasteiger partial charge in [-0.1, -0.05) is 27.2 Å². The molecule has 2 heteroatoms. The number of hydrogen-bond donors (Lipinski definition) is 1. The maximum atomic E-state index is 11.9. The molecule has 0 heterocycles. The van der Waals surface area contributed by atoms with E-state index < -0.39 is 0 Å². The Bertz CT molecular complexity index is 341. The molecule has 0 aromatic rings. The molecule has 16 heavy (non-hydrogen) atoms. The molecule has 0 radical (unpaired) electrons. The Kier molecular flexibility index (Phi) is 2.64. The van der Waals surface area contributed by atoms with Crippen LogP contribution in [-0.2, 0) is 4.79 Å². The molecule has 0 amide bonds. The number of fused-ring (bicyclic) bond motifs is 1. The van der Waals surface area contributed by atoms with Crippen LogP contribution in [0.4, 0.5) is 0 Å². The zero-order valence-corrected chi connectivity index (χ0v) is 10.5. The van der Waals surface area contributed by atoms with Crippen molar-refractivity contribution >= 4 is 5.78 Å². The second kappa shape index (κ2) is 3.61. The van der Waals surface area contributed by atoms with Gasteiger partial charge in [0.05, 0.1) is 6.26 Å². The molecule has 2 fully saturated rings. The van der Waals surface area contributed by atoms with E-state index in [9.17, 15) is 9.90 Å². The average molecular weight is 222 g/mol. The highest BCUT2D eigenvalue weighted by atomic mass is 16.2. The molecule has 1 N–H and O–H groups in total. The minimum absolute atomic E-state index is 0.0914. The van der Waals surface area contributed by atoms with Crippen molar-refractivity contribution in [1.29, 1.82) is 0 Å². The van der Waals surface area contributed by atoms with Crippen LogP contribution in [0.3, 0.4) is 0 Å². The minimum atomic E-state index is -0.0914. The van der Waals surface area contributed by atoms with Gasteiger partial charge in [0, 0.05) is 17.4 Å². The maximum absolute atomic E-state index is 11.9. The molecule has 0 unspecified atom stereocenters. The summed E-state index contributed by atoms with van der Waals surface area (Å²) in [6, 6.07) is 0. The lowest BCUT2D eigenvalue weighted by Gasteiger charge is -2.53. The second-order valence-electron chi connectivity index (χ2n) is 6.32. The topological polar surface area (TPSA) is 37.3 Å². The van der Waals surface area contributed by atoms with Gasteiger partial charge in [-0.2, -0.15) is 0 Å². The molecule has 0 saturated heterocycles. The molecular weight excluding hydrogens is 200 g/mol. The lowest BCUT2D eigenvalue weighted by molar-refractivity contribution is -0.122. The van der Waals surface area contributed by atoms with Gasteiger partial charge in [-0.3, -0.25) is 4.79 Å². The maximum Gasteiger partial charge on any atom is 0.162 e. The SMILES string of the molecule is CC1(C)CCC[C@]2(C)/C(=C/O)C(=O)CC[C@@H]12. The molecule has 90 valence electrons. The Morgan fingerprint density at radius 3 is 2.62 bits per heavy atom. The standard InChI is InChI=1S/C14H22O2/c1-13(2)7-4-8-14(3)10(9-15)11(16)5-6-12(13)14/h9,12,15H,4-8H2,1-3H3/b10-9+/t12-,14+/m0/s1. The van der Waals surface area contributed by atoms with E-state index in [-0.39, 0.29) is 11.2 Å². The van der Waals surface area contributed by atoms with Crippen LogP contribution < -0.4 is 0 Å². The van der Waals surface area contributed by atoms with Crippen molar-refractivity contribution in [3.63, 3.8) is 0 Å². The van der Waals surface area contributed by atoms with Gasteiger partial charge in [-0.05, 0) is 30.6 Å². The molecule has 0 bridgehead atoms.